The molecular weight excluding hydrogens is 894 g/mol. The Morgan fingerprint density at radius 2 is 1.21 bits per heavy atom. The smallest absolute Gasteiger partial charge is 0.462 e. The number of aliphatic hydroxyl groups excluding tert-OH is 3. The summed E-state index contributed by atoms with van der Waals surface area (Å²) in [7, 11) is -9.82. The zero-order valence-corrected chi connectivity index (χ0v) is 40.8. The number of allylic oxidation sites excluding steroid dienone is 12. The summed E-state index contributed by atoms with van der Waals surface area (Å²) in [5.74, 6) is -2.23. The molecule has 66 heavy (non-hydrogen) atoms. The number of ether oxygens (including phenoxy) is 2. The second kappa shape index (κ2) is 37.8. The van der Waals surface area contributed by atoms with Gasteiger partial charge >= 0.3 is 27.6 Å². The third-order valence-corrected chi connectivity index (χ3v) is 11.6. The van der Waals surface area contributed by atoms with Crippen LogP contribution in [0.2, 0.25) is 0 Å². The molecule has 1 unspecified atom stereocenters. The first-order valence-corrected chi connectivity index (χ1v) is 26.4. The van der Waals surface area contributed by atoms with Gasteiger partial charge in [0.1, 0.15) is 18.5 Å². The number of carbonyl (C=O) groups excluding carboxylic acids is 3. The molecule has 7 atom stereocenters. The molecule has 1 fully saturated rings. The maximum Gasteiger partial charge on any atom is 0.472 e. The van der Waals surface area contributed by atoms with E-state index in [2.05, 4.69) is 65.4 Å². The molecule has 1 saturated carbocycles. The summed E-state index contributed by atoms with van der Waals surface area (Å²) < 4.78 is 47.7. The fourth-order valence-corrected chi connectivity index (χ4v) is 7.64. The van der Waals surface area contributed by atoms with Gasteiger partial charge in [0.15, 0.2) is 6.10 Å². The lowest BCUT2D eigenvalue weighted by molar-refractivity contribution is -0.161. The van der Waals surface area contributed by atoms with Crippen LogP contribution in [0.3, 0.4) is 0 Å². The Kier molecular flexibility index (Phi) is 34.9. The van der Waals surface area contributed by atoms with Crippen molar-refractivity contribution in [2.45, 2.75) is 160 Å². The molecule has 0 radical (unpaired) electrons. The minimum absolute atomic E-state index is 0.0125. The Labute approximate surface area is 392 Å². The topological polar surface area (TPSA) is 253 Å². The minimum Gasteiger partial charge on any atom is -0.462 e. The van der Waals surface area contributed by atoms with Gasteiger partial charge in [-0.3, -0.25) is 28.0 Å². The molecule has 1 rings (SSSR count). The number of rotatable bonds is 39. The predicted octanol–water partition coefficient (Wildman–Crippen LogP) is 8.93. The molecule has 0 aliphatic heterocycles. The zero-order chi connectivity index (χ0) is 48.9. The summed E-state index contributed by atoms with van der Waals surface area (Å²) >= 11 is 0. The number of phosphoric acid groups is 2. The summed E-state index contributed by atoms with van der Waals surface area (Å²) in [5.41, 5.74) is 0. The van der Waals surface area contributed by atoms with Gasteiger partial charge in [0.2, 0.25) is 0 Å². The largest absolute Gasteiger partial charge is 0.472 e. The van der Waals surface area contributed by atoms with Crippen molar-refractivity contribution in [3.63, 3.8) is 0 Å². The highest BCUT2D eigenvalue weighted by Crippen LogP contribution is 2.44. The first-order chi connectivity index (χ1) is 31.6. The van der Waals surface area contributed by atoms with Crippen molar-refractivity contribution < 1.29 is 76.6 Å². The summed E-state index contributed by atoms with van der Waals surface area (Å²) in [6.07, 6.45) is 36.7. The van der Waals surface area contributed by atoms with Crippen LogP contribution in [0.4, 0.5) is 0 Å². The predicted molar refractivity (Wildman–Crippen MR) is 254 cm³/mol. The molecule has 18 heteroatoms. The standard InChI is InChI=1S/C48H78O16P2/c1-3-5-7-8-9-10-11-12-13-14-15-16-17-18-19-20-21-22-27-31-47(53)60-38-42(39-63-66(58,59)62-37-41(50)36-61-65(55,56)57)64-48(54)32-28-24-23-26-30-43-44(46(52)35-45(43)51)34-33-40(49)29-25-6-4-2/h9-10,12-13,15-16,18-19,21-23,26,33-34,40-44,46,49-50,52H,3-8,11,14,17,20,24-25,27-32,35-39H2,1-2H3,(H,58,59)(H2,55,56,57)/b10-9-,13-12-,16-15-,19-18-,22-21-,26-23-,34-33+/t40-,41-,42+,43+,44+,46+/m0/s1. The van der Waals surface area contributed by atoms with Gasteiger partial charge in [0, 0.05) is 31.1 Å². The van der Waals surface area contributed by atoms with Crippen LogP contribution in [-0.4, -0.2) is 98.6 Å². The zero-order valence-electron chi connectivity index (χ0n) is 39.0. The molecule has 0 aromatic heterocycles. The number of carbonyl (C=O) groups is 3. The van der Waals surface area contributed by atoms with Crippen molar-refractivity contribution in [1.82, 2.24) is 0 Å². The number of ketones is 1. The maximum absolute atomic E-state index is 12.8. The van der Waals surface area contributed by atoms with Gasteiger partial charge in [-0.15, -0.1) is 0 Å². The van der Waals surface area contributed by atoms with Gasteiger partial charge in [-0.05, 0) is 70.6 Å². The van der Waals surface area contributed by atoms with Crippen LogP contribution >= 0.6 is 15.6 Å². The van der Waals surface area contributed by atoms with E-state index in [0.29, 0.717) is 38.5 Å². The van der Waals surface area contributed by atoms with Gasteiger partial charge < -0.3 is 39.5 Å². The van der Waals surface area contributed by atoms with E-state index in [9.17, 15) is 43.7 Å². The average Bonchev–Trinajstić information content (AvgIpc) is 3.54. The van der Waals surface area contributed by atoms with Crippen LogP contribution in [0.5, 0.6) is 0 Å². The van der Waals surface area contributed by atoms with Crippen molar-refractivity contribution in [3.05, 3.63) is 85.1 Å². The number of Topliss-reactive ketones (excluding diaryl/α,β-unsaturated/α-hetero) is 1. The highest BCUT2D eigenvalue weighted by atomic mass is 31.2. The summed E-state index contributed by atoms with van der Waals surface area (Å²) in [6.45, 7) is 1.22. The molecule has 0 aromatic carbocycles. The highest BCUT2D eigenvalue weighted by molar-refractivity contribution is 7.47. The van der Waals surface area contributed by atoms with Crippen LogP contribution in [0.25, 0.3) is 0 Å². The van der Waals surface area contributed by atoms with Crippen LogP contribution in [0.1, 0.15) is 136 Å². The van der Waals surface area contributed by atoms with Gasteiger partial charge in [-0.1, -0.05) is 131 Å². The van der Waals surface area contributed by atoms with Gasteiger partial charge in [-0.2, -0.15) is 0 Å². The van der Waals surface area contributed by atoms with E-state index in [1.165, 1.54) is 19.3 Å². The molecule has 6 N–H and O–H groups in total. The Morgan fingerprint density at radius 3 is 1.83 bits per heavy atom. The molecule has 1 aliphatic carbocycles. The number of aliphatic hydroxyl groups is 3. The molecule has 0 saturated heterocycles. The van der Waals surface area contributed by atoms with Crippen molar-refractivity contribution in [2.24, 2.45) is 11.8 Å². The van der Waals surface area contributed by atoms with Gasteiger partial charge in [-0.25, -0.2) is 9.13 Å². The number of phosphoric ester groups is 2. The Bertz CT molecular complexity index is 1650. The van der Waals surface area contributed by atoms with Crippen molar-refractivity contribution in [3.8, 4) is 0 Å². The molecule has 0 heterocycles. The lowest BCUT2D eigenvalue weighted by atomic mass is 9.90. The maximum atomic E-state index is 12.8. The molecule has 376 valence electrons. The van der Waals surface area contributed by atoms with Crippen LogP contribution in [0, 0.1) is 11.8 Å². The SMILES string of the molecule is CCCCC/C=C\C/C=C\C/C=C\C/C=C\C/C=C\CCC(=O)OC[C@H](COP(=O)(O)OC[C@@H](O)COP(=O)(O)O)OC(=O)CCC/C=C\C[C@H]1C(=O)C[C@@H](O)[C@@H]1/C=C/[C@@H](O)CCCCC. The molecule has 0 amide bonds. The normalized spacial score (nSPS) is 19.7. The second-order valence-corrected chi connectivity index (χ2v) is 18.8. The first kappa shape index (κ1) is 60.9. The fraction of sp³-hybridized carbons (Fsp3) is 0.646. The third kappa shape index (κ3) is 34.2. The van der Waals surface area contributed by atoms with Gasteiger partial charge in [0.05, 0.1) is 32.0 Å². The molecule has 16 nitrogen and oxygen atoms in total. The van der Waals surface area contributed by atoms with E-state index in [-0.39, 0.29) is 25.0 Å². The summed E-state index contributed by atoms with van der Waals surface area (Å²) in [4.78, 5) is 65.5. The number of hydrogen-bond donors (Lipinski definition) is 6. The minimum atomic E-state index is -4.91. The van der Waals surface area contributed by atoms with Crippen molar-refractivity contribution in [1.29, 1.82) is 0 Å². The van der Waals surface area contributed by atoms with Crippen LogP contribution < -0.4 is 0 Å². The number of unbranched alkanes of at least 4 members (excludes halogenated alkanes) is 6. The van der Waals surface area contributed by atoms with Gasteiger partial charge in [0.25, 0.3) is 0 Å². The van der Waals surface area contributed by atoms with Crippen LogP contribution in [-0.2, 0) is 46.6 Å². The molecule has 0 bridgehead atoms. The quantitative estimate of drug-likeness (QED) is 0.0145. The van der Waals surface area contributed by atoms with E-state index in [1.54, 1.807) is 12.2 Å². The Morgan fingerprint density at radius 1 is 0.667 bits per heavy atom. The monoisotopic (exact) mass is 972 g/mol. The highest BCUT2D eigenvalue weighted by Gasteiger charge is 2.39. The van der Waals surface area contributed by atoms with Crippen molar-refractivity contribution >= 4 is 33.4 Å². The van der Waals surface area contributed by atoms with E-state index in [0.717, 1.165) is 44.9 Å². The molecular formula is C48H78O16P2. The first-order valence-electron chi connectivity index (χ1n) is 23.4. The number of hydrogen-bond acceptors (Lipinski definition) is 13. The lowest BCUT2D eigenvalue weighted by Crippen LogP contribution is -2.29. The van der Waals surface area contributed by atoms with E-state index < -0.39 is 90.3 Å². The Hall–Kier alpha value is -3.11. The molecule has 0 spiro atoms. The lowest BCUT2D eigenvalue weighted by Gasteiger charge is -2.20. The van der Waals surface area contributed by atoms with E-state index >= 15 is 0 Å². The summed E-state index contributed by atoms with van der Waals surface area (Å²) in [6, 6.07) is 0. The summed E-state index contributed by atoms with van der Waals surface area (Å²) in [5, 5.41) is 30.5. The number of esters is 2. The molecule has 1 aliphatic rings. The average molecular weight is 973 g/mol. The molecule has 0 aromatic rings. The second-order valence-electron chi connectivity index (χ2n) is 16.1. The Balaban J connectivity index is 2.61. The van der Waals surface area contributed by atoms with E-state index in [4.69, 9.17) is 23.8 Å². The van der Waals surface area contributed by atoms with Crippen LogP contribution in [0.15, 0.2) is 85.1 Å². The van der Waals surface area contributed by atoms with Crippen molar-refractivity contribution in [2.75, 3.05) is 26.4 Å². The fourth-order valence-electron chi connectivity index (χ4n) is 6.49. The third-order valence-electron chi connectivity index (χ3n) is 10.1. The van der Waals surface area contributed by atoms with E-state index in [1.807, 2.05) is 30.4 Å².